The van der Waals surface area contributed by atoms with Crippen LogP contribution in [0.25, 0.3) is 0 Å². The van der Waals surface area contributed by atoms with Gasteiger partial charge in [0.25, 0.3) is 0 Å². The highest BCUT2D eigenvalue weighted by Crippen LogP contribution is 2.29. The normalized spacial score (nSPS) is 10.6. The Morgan fingerprint density at radius 1 is 1.33 bits per heavy atom. The van der Waals surface area contributed by atoms with Gasteiger partial charge in [-0.25, -0.2) is 0 Å². The minimum absolute atomic E-state index is 0.0146. The number of aromatic hydroxyl groups is 1. The summed E-state index contributed by atoms with van der Waals surface area (Å²) in [6.45, 7) is 4.32. The van der Waals surface area contributed by atoms with Gasteiger partial charge >= 0.3 is 0 Å². The summed E-state index contributed by atoms with van der Waals surface area (Å²) in [7, 11) is 0. The molecule has 5 nitrogen and oxygen atoms in total. The van der Waals surface area contributed by atoms with Crippen LogP contribution in [0.15, 0.2) is 12.1 Å². The number of benzene rings is 1. The maximum atomic E-state index is 10.7. The number of aldehydes is 1. The van der Waals surface area contributed by atoms with Crippen molar-refractivity contribution in [3.63, 3.8) is 0 Å². The monoisotopic (exact) mass is 306 g/mol. The van der Waals surface area contributed by atoms with Gasteiger partial charge in [0.1, 0.15) is 21.5 Å². The Bertz CT molecular complexity index is 625. The first-order valence-electron chi connectivity index (χ1n) is 6.87. The van der Waals surface area contributed by atoms with E-state index >= 15 is 0 Å². The van der Waals surface area contributed by atoms with Crippen molar-refractivity contribution >= 4 is 17.6 Å². The molecule has 0 fully saturated rings. The molecule has 2 rings (SSSR count). The molecule has 0 aliphatic carbocycles. The molecule has 0 saturated carbocycles. The summed E-state index contributed by atoms with van der Waals surface area (Å²) < 4.78 is 5.65. The fraction of sp³-hybridized carbons (Fsp3) is 0.400. The lowest BCUT2D eigenvalue weighted by Crippen LogP contribution is -2.01. The van der Waals surface area contributed by atoms with Crippen LogP contribution in [0, 0.1) is 6.92 Å². The quantitative estimate of drug-likeness (QED) is 0.629. The van der Waals surface area contributed by atoms with E-state index in [-0.39, 0.29) is 11.3 Å². The Balaban J connectivity index is 1.86. The first-order chi connectivity index (χ1) is 10.2. The number of nitrogens with zero attached hydrogens (tertiary/aromatic N) is 2. The number of carbonyl (C=O) groups is 1. The first kappa shape index (κ1) is 15.4. The van der Waals surface area contributed by atoms with Crippen LogP contribution in [0.2, 0.25) is 0 Å². The number of ether oxygens (including phenoxy) is 1. The number of carbonyl (C=O) groups excluding carboxylic acids is 1. The number of hydrogen-bond acceptors (Lipinski definition) is 6. The van der Waals surface area contributed by atoms with Gasteiger partial charge in [0, 0.05) is 12.0 Å². The lowest BCUT2D eigenvalue weighted by atomic mass is 10.1. The van der Waals surface area contributed by atoms with Crippen LogP contribution >= 0.6 is 11.3 Å². The molecule has 0 unspecified atom stereocenters. The highest BCUT2D eigenvalue weighted by atomic mass is 32.1. The van der Waals surface area contributed by atoms with Crippen LogP contribution in [0.4, 0.5) is 0 Å². The smallest absolute Gasteiger partial charge is 0.153 e. The minimum atomic E-state index is -0.0146. The van der Waals surface area contributed by atoms with E-state index in [2.05, 4.69) is 17.1 Å². The van der Waals surface area contributed by atoms with Gasteiger partial charge < -0.3 is 9.84 Å². The van der Waals surface area contributed by atoms with Gasteiger partial charge in [-0.1, -0.05) is 6.92 Å². The molecular weight excluding hydrogens is 288 g/mol. The van der Waals surface area contributed by atoms with E-state index in [1.54, 1.807) is 30.4 Å². The van der Waals surface area contributed by atoms with E-state index < -0.39 is 0 Å². The lowest BCUT2D eigenvalue weighted by molar-refractivity contribution is 0.112. The fourth-order valence-electron chi connectivity index (χ4n) is 1.89. The molecule has 0 atom stereocenters. The maximum Gasteiger partial charge on any atom is 0.153 e. The molecule has 6 heteroatoms. The Morgan fingerprint density at radius 2 is 2.10 bits per heavy atom. The van der Waals surface area contributed by atoms with Gasteiger partial charge in [-0.2, -0.15) is 0 Å². The van der Waals surface area contributed by atoms with E-state index in [1.165, 1.54) is 0 Å². The van der Waals surface area contributed by atoms with Crippen LogP contribution in [-0.4, -0.2) is 28.2 Å². The maximum absolute atomic E-state index is 10.7. The topological polar surface area (TPSA) is 72.3 Å². The number of phenols is 1. The van der Waals surface area contributed by atoms with E-state index in [1.807, 2.05) is 0 Å². The van der Waals surface area contributed by atoms with Gasteiger partial charge in [0.05, 0.1) is 12.2 Å². The molecule has 0 amide bonds. The van der Waals surface area contributed by atoms with Crippen molar-refractivity contribution in [2.75, 3.05) is 6.61 Å². The van der Waals surface area contributed by atoms with E-state index in [0.29, 0.717) is 24.2 Å². The molecule has 2 aromatic rings. The largest absolute Gasteiger partial charge is 0.507 e. The summed E-state index contributed by atoms with van der Waals surface area (Å²) in [4.78, 5) is 10.7. The van der Waals surface area contributed by atoms with Gasteiger partial charge in [-0.05, 0) is 31.9 Å². The van der Waals surface area contributed by atoms with Crippen molar-refractivity contribution in [1.29, 1.82) is 0 Å². The zero-order valence-electron chi connectivity index (χ0n) is 12.1. The number of aryl methyl sites for hydroxylation is 2. The summed E-state index contributed by atoms with van der Waals surface area (Å²) in [6.07, 6.45) is 3.20. The van der Waals surface area contributed by atoms with Crippen LogP contribution < -0.4 is 4.74 Å². The average molecular weight is 306 g/mol. The molecule has 1 aromatic heterocycles. The Kier molecular flexibility index (Phi) is 5.27. The SMILES string of the molecule is CCc1nnc(CCCOc2ccc(C=O)c(O)c2C)s1. The highest BCUT2D eigenvalue weighted by Gasteiger charge is 2.09. The summed E-state index contributed by atoms with van der Waals surface area (Å²) >= 11 is 1.63. The predicted octanol–water partition coefficient (Wildman–Crippen LogP) is 2.94. The molecule has 0 spiro atoms. The van der Waals surface area contributed by atoms with Crippen molar-refractivity contribution < 1.29 is 14.6 Å². The number of aromatic nitrogens is 2. The third-order valence-electron chi connectivity index (χ3n) is 3.14. The van der Waals surface area contributed by atoms with Crippen LogP contribution in [-0.2, 0) is 12.8 Å². The number of rotatable bonds is 7. The fourth-order valence-corrected chi connectivity index (χ4v) is 2.72. The van der Waals surface area contributed by atoms with Crippen LogP contribution in [0.3, 0.4) is 0 Å². The van der Waals surface area contributed by atoms with Crippen molar-refractivity contribution in [1.82, 2.24) is 10.2 Å². The zero-order valence-corrected chi connectivity index (χ0v) is 12.9. The summed E-state index contributed by atoms with van der Waals surface area (Å²) in [5, 5.41) is 20.1. The third kappa shape index (κ3) is 3.78. The van der Waals surface area contributed by atoms with Crippen molar-refractivity contribution in [3.05, 3.63) is 33.3 Å². The van der Waals surface area contributed by atoms with Gasteiger partial charge in [0.2, 0.25) is 0 Å². The lowest BCUT2D eigenvalue weighted by Gasteiger charge is -2.10. The van der Waals surface area contributed by atoms with E-state index in [4.69, 9.17) is 4.74 Å². The second-order valence-electron chi connectivity index (χ2n) is 4.64. The molecule has 21 heavy (non-hydrogen) atoms. The summed E-state index contributed by atoms with van der Waals surface area (Å²) in [5.41, 5.74) is 0.865. The molecule has 0 saturated heterocycles. The average Bonchev–Trinajstić information content (AvgIpc) is 2.96. The molecule has 1 aromatic carbocycles. The third-order valence-corrected chi connectivity index (χ3v) is 4.27. The molecule has 0 aliphatic rings. The molecular formula is C15H18N2O3S. The second kappa shape index (κ2) is 7.17. The van der Waals surface area contributed by atoms with Crippen LogP contribution in [0.1, 0.15) is 39.3 Å². The van der Waals surface area contributed by atoms with Crippen molar-refractivity contribution in [2.24, 2.45) is 0 Å². The van der Waals surface area contributed by atoms with Crippen molar-refractivity contribution in [2.45, 2.75) is 33.1 Å². The Labute approximate surface area is 127 Å². The number of phenolic OH excluding ortho intramolecular Hbond substituents is 1. The van der Waals surface area contributed by atoms with Crippen molar-refractivity contribution in [3.8, 4) is 11.5 Å². The van der Waals surface area contributed by atoms with Gasteiger partial charge in [0.15, 0.2) is 6.29 Å². The molecule has 0 radical (unpaired) electrons. The minimum Gasteiger partial charge on any atom is -0.507 e. The zero-order chi connectivity index (χ0) is 15.2. The molecule has 0 aliphatic heterocycles. The van der Waals surface area contributed by atoms with E-state index in [9.17, 15) is 9.90 Å². The summed E-state index contributed by atoms with van der Waals surface area (Å²) in [6, 6.07) is 3.27. The molecule has 1 heterocycles. The predicted molar refractivity (Wildman–Crippen MR) is 81.3 cm³/mol. The Morgan fingerprint density at radius 3 is 2.76 bits per heavy atom. The highest BCUT2D eigenvalue weighted by molar-refractivity contribution is 7.11. The van der Waals surface area contributed by atoms with Gasteiger partial charge in [-0.3, -0.25) is 4.79 Å². The molecule has 1 N–H and O–H groups in total. The standard InChI is InChI=1S/C15H18N2O3S/c1-3-13-16-17-14(21-13)5-4-8-20-12-7-6-11(9-18)15(19)10(12)2/h6-7,9,19H,3-5,8H2,1-2H3. The number of hydrogen-bond donors (Lipinski definition) is 1. The Hall–Kier alpha value is -1.95. The first-order valence-corrected chi connectivity index (χ1v) is 7.69. The van der Waals surface area contributed by atoms with E-state index in [0.717, 1.165) is 29.3 Å². The van der Waals surface area contributed by atoms with Gasteiger partial charge in [-0.15, -0.1) is 21.5 Å². The molecule has 0 bridgehead atoms. The second-order valence-corrected chi connectivity index (χ2v) is 5.79. The summed E-state index contributed by atoms with van der Waals surface area (Å²) in [5.74, 6) is 0.587. The molecule has 112 valence electrons. The van der Waals surface area contributed by atoms with Crippen LogP contribution in [0.5, 0.6) is 11.5 Å².